The van der Waals surface area contributed by atoms with Crippen molar-refractivity contribution >= 4 is 33.1 Å². The monoisotopic (exact) mass is 352 g/mol. The van der Waals surface area contributed by atoms with Gasteiger partial charge in [0.15, 0.2) is 0 Å². The summed E-state index contributed by atoms with van der Waals surface area (Å²) in [7, 11) is 2.21. The molecule has 25 heavy (non-hydrogen) atoms. The van der Waals surface area contributed by atoms with E-state index in [2.05, 4.69) is 65.4 Å². The first-order chi connectivity index (χ1) is 12.2. The van der Waals surface area contributed by atoms with E-state index >= 15 is 0 Å². The predicted molar refractivity (Wildman–Crippen MR) is 109 cm³/mol. The molecule has 1 fully saturated rings. The van der Waals surface area contributed by atoms with Gasteiger partial charge in [-0.15, -0.1) is 0 Å². The zero-order valence-electron chi connectivity index (χ0n) is 14.8. The number of piperazine rings is 1. The lowest BCUT2D eigenvalue weighted by Gasteiger charge is -2.32. The van der Waals surface area contributed by atoms with Gasteiger partial charge in [0.1, 0.15) is 0 Å². The SMILES string of the molecule is CN1CCN(CCCc2c3ccccc3c(Cl)c3ccccc23)CC1. The minimum atomic E-state index is 0.883. The van der Waals surface area contributed by atoms with Crippen LogP contribution in [0.2, 0.25) is 5.02 Å². The summed E-state index contributed by atoms with van der Waals surface area (Å²) in [5.41, 5.74) is 1.45. The Morgan fingerprint density at radius 3 is 1.88 bits per heavy atom. The maximum atomic E-state index is 6.70. The van der Waals surface area contributed by atoms with Crippen molar-refractivity contribution in [2.45, 2.75) is 12.8 Å². The lowest BCUT2D eigenvalue weighted by molar-refractivity contribution is 0.153. The molecule has 0 saturated carbocycles. The number of rotatable bonds is 4. The van der Waals surface area contributed by atoms with Crippen LogP contribution in [0.4, 0.5) is 0 Å². The van der Waals surface area contributed by atoms with Crippen molar-refractivity contribution in [1.82, 2.24) is 9.80 Å². The first kappa shape index (κ1) is 16.8. The van der Waals surface area contributed by atoms with Crippen molar-refractivity contribution in [3.63, 3.8) is 0 Å². The van der Waals surface area contributed by atoms with Crippen LogP contribution in [0.15, 0.2) is 48.5 Å². The highest BCUT2D eigenvalue weighted by atomic mass is 35.5. The molecule has 4 rings (SSSR count). The molecule has 0 aromatic heterocycles. The van der Waals surface area contributed by atoms with Crippen LogP contribution in [0.25, 0.3) is 21.5 Å². The van der Waals surface area contributed by atoms with Gasteiger partial charge in [-0.25, -0.2) is 0 Å². The van der Waals surface area contributed by atoms with Crippen LogP contribution < -0.4 is 0 Å². The van der Waals surface area contributed by atoms with Gasteiger partial charge in [0.25, 0.3) is 0 Å². The Kier molecular flexibility index (Phi) is 4.93. The maximum absolute atomic E-state index is 6.70. The molecule has 0 N–H and O–H groups in total. The molecule has 0 spiro atoms. The molecule has 3 heteroatoms. The van der Waals surface area contributed by atoms with Crippen LogP contribution in [0.3, 0.4) is 0 Å². The normalized spacial score (nSPS) is 16.7. The largest absolute Gasteiger partial charge is 0.304 e. The van der Waals surface area contributed by atoms with Crippen molar-refractivity contribution in [3.05, 3.63) is 59.1 Å². The molecule has 3 aromatic carbocycles. The number of hydrogen-bond donors (Lipinski definition) is 0. The van der Waals surface area contributed by atoms with E-state index < -0.39 is 0 Å². The number of halogens is 1. The van der Waals surface area contributed by atoms with Gasteiger partial charge in [-0.2, -0.15) is 0 Å². The summed E-state index contributed by atoms with van der Waals surface area (Å²) in [5.74, 6) is 0. The van der Waals surface area contributed by atoms with Crippen LogP contribution >= 0.6 is 11.6 Å². The molecule has 1 saturated heterocycles. The van der Waals surface area contributed by atoms with E-state index in [0.29, 0.717) is 0 Å². The quantitative estimate of drug-likeness (QED) is 0.621. The van der Waals surface area contributed by atoms with E-state index in [1.54, 1.807) is 0 Å². The number of benzene rings is 3. The number of nitrogens with zero attached hydrogens (tertiary/aromatic N) is 2. The first-order valence-corrected chi connectivity index (χ1v) is 9.60. The summed E-state index contributed by atoms with van der Waals surface area (Å²) in [5, 5.41) is 5.86. The number of hydrogen-bond acceptors (Lipinski definition) is 2. The van der Waals surface area contributed by atoms with Crippen molar-refractivity contribution in [2.75, 3.05) is 39.8 Å². The van der Waals surface area contributed by atoms with E-state index in [0.717, 1.165) is 11.4 Å². The maximum Gasteiger partial charge on any atom is 0.0562 e. The van der Waals surface area contributed by atoms with Crippen molar-refractivity contribution in [1.29, 1.82) is 0 Å². The van der Waals surface area contributed by atoms with Gasteiger partial charge < -0.3 is 9.80 Å². The second-order valence-corrected chi connectivity index (χ2v) is 7.51. The highest BCUT2D eigenvalue weighted by molar-refractivity contribution is 6.41. The zero-order chi connectivity index (χ0) is 17.2. The Labute approximate surface area is 155 Å². The fraction of sp³-hybridized carbons (Fsp3) is 0.364. The minimum absolute atomic E-state index is 0.883. The smallest absolute Gasteiger partial charge is 0.0562 e. The van der Waals surface area contributed by atoms with E-state index in [9.17, 15) is 0 Å². The zero-order valence-corrected chi connectivity index (χ0v) is 15.6. The van der Waals surface area contributed by atoms with Crippen molar-refractivity contribution in [3.8, 4) is 0 Å². The van der Waals surface area contributed by atoms with Crippen LogP contribution in [0, 0.1) is 0 Å². The van der Waals surface area contributed by atoms with Crippen LogP contribution in [0.1, 0.15) is 12.0 Å². The molecule has 3 aromatic rings. The molecular weight excluding hydrogens is 328 g/mol. The van der Waals surface area contributed by atoms with Gasteiger partial charge in [-0.05, 0) is 42.8 Å². The lowest BCUT2D eigenvalue weighted by Crippen LogP contribution is -2.44. The van der Waals surface area contributed by atoms with Crippen LogP contribution in [0.5, 0.6) is 0 Å². The summed E-state index contributed by atoms with van der Waals surface area (Å²) < 4.78 is 0. The van der Waals surface area contributed by atoms with E-state index in [-0.39, 0.29) is 0 Å². The molecular formula is C22H25ClN2. The number of aryl methyl sites for hydroxylation is 1. The molecule has 0 amide bonds. The summed E-state index contributed by atoms with van der Waals surface area (Å²) in [6, 6.07) is 17.1. The highest BCUT2D eigenvalue weighted by Crippen LogP contribution is 2.36. The fourth-order valence-electron chi connectivity index (χ4n) is 3.99. The Morgan fingerprint density at radius 1 is 0.800 bits per heavy atom. The van der Waals surface area contributed by atoms with Crippen molar-refractivity contribution in [2.24, 2.45) is 0 Å². The van der Waals surface area contributed by atoms with Gasteiger partial charge in [0.05, 0.1) is 5.02 Å². The molecule has 1 heterocycles. The molecule has 0 radical (unpaired) electrons. The third-order valence-corrected chi connectivity index (χ3v) is 5.88. The van der Waals surface area contributed by atoms with Gasteiger partial charge in [0, 0.05) is 37.0 Å². The highest BCUT2D eigenvalue weighted by Gasteiger charge is 2.15. The Balaban J connectivity index is 1.62. The lowest BCUT2D eigenvalue weighted by atomic mass is 9.94. The Bertz CT molecular complexity index is 825. The fourth-order valence-corrected chi connectivity index (χ4v) is 4.32. The predicted octanol–water partition coefficient (Wildman–Crippen LogP) is 4.83. The standard InChI is InChI=1S/C22H25ClN2/c1-24-13-15-25(16-14-24)12-6-11-17-18-7-2-4-9-20(18)22(23)21-10-5-3-8-19(17)21/h2-5,7-10H,6,11-16H2,1H3. The Hall–Kier alpha value is -1.61. The number of likely N-dealkylation sites (N-methyl/N-ethyl adjacent to an activating group) is 1. The third-order valence-electron chi connectivity index (χ3n) is 5.47. The van der Waals surface area contributed by atoms with Gasteiger partial charge >= 0.3 is 0 Å². The topological polar surface area (TPSA) is 6.48 Å². The van der Waals surface area contributed by atoms with E-state index in [1.165, 1.54) is 66.3 Å². The first-order valence-electron chi connectivity index (χ1n) is 9.23. The minimum Gasteiger partial charge on any atom is -0.304 e. The van der Waals surface area contributed by atoms with Gasteiger partial charge in [-0.3, -0.25) is 0 Å². The molecule has 1 aliphatic rings. The molecule has 130 valence electrons. The average molecular weight is 353 g/mol. The van der Waals surface area contributed by atoms with E-state index in [4.69, 9.17) is 11.6 Å². The van der Waals surface area contributed by atoms with Gasteiger partial charge in [0.2, 0.25) is 0 Å². The second-order valence-electron chi connectivity index (χ2n) is 7.13. The molecule has 0 aliphatic carbocycles. The number of fused-ring (bicyclic) bond motifs is 2. The van der Waals surface area contributed by atoms with Crippen LogP contribution in [-0.2, 0) is 6.42 Å². The summed E-state index contributed by atoms with van der Waals surface area (Å²) in [4.78, 5) is 5.01. The summed E-state index contributed by atoms with van der Waals surface area (Å²) in [6.07, 6.45) is 2.30. The van der Waals surface area contributed by atoms with Gasteiger partial charge in [-0.1, -0.05) is 60.1 Å². The van der Waals surface area contributed by atoms with Crippen molar-refractivity contribution < 1.29 is 0 Å². The van der Waals surface area contributed by atoms with Crippen LogP contribution in [-0.4, -0.2) is 49.6 Å². The molecule has 1 aliphatic heterocycles. The third kappa shape index (κ3) is 3.39. The van der Waals surface area contributed by atoms with E-state index in [1.807, 2.05) is 0 Å². The summed E-state index contributed by atoms with van der Waals surface area (Å²) >= 11 is 6.70. The molecule has 0 atom stereocenters. The Morgan fingerprint density at radius 2 is 1.32 bits per heavy atom. The average Bonchev–Trinajstić information content (AvgIpc) is 2.66. The molecule has 0 unspecified atom stereocenters. The second kappa shape index (κ2) is 7.33. The summed E-state index contributed by atoms with van der Waals surface area (Å²) in [6.45, 7) is 5.94. The molecule has 0 bridgehead atoms. The molecule has 2 nitrogen and oxygen atoms in total.